The zero-order valence-electron chi connectivity index (χ0n) is 11.7. The zero-order chi connectivity index (χ0) is 14.3. The molecule has 1 atom stereocenters. The Labute approximate surface area is 113 Å². The maximum absolute atomic E-state index is 13.5. The third kappa shape index (κ3) is 5.63. The Hall–Kier alpha value is -1.04. The number of hydrogen-bond donors (Lipinski definition) is 2. The average Bonchev–Trinajstić information content (AvgIpc) is 2.37. The molecule has 0 saturated heterocycles. The lowest BCUT2D eigenvalue weighted by Gasteiger charge is -2.15. The molecule has 108 valence electrons. The smallest absolute Gasteiger partial charge is 0.130 e. The zero-order valence-corrected chi connectivity index (χ0v) is 11.7. The van der Waals surface area contributed by atoms with Gasteiger partial charge in [-0.25, -0.2) is 8.78 Å². The summed E-state index contributed by atoms with van der Waals surface area (Å²) in [5.74, 6) is -1.01. The third-order valence-corrected chi connectivity index (χ3v) is 2.90. The Balaban J connectivity index is 2.37. The molecule has 0 saturated carbocycles. The quantitative estimate of drug-likeness (QED) is 0.710. The van der Waals surface area contributed by atoms with Crippen molar-refractivity contribution >= 4 is 0 Å². The minimum absolute atomic E-state index is 0.196. The number of hydrogen-bond acceptors (Lipinski definition) is 3. The minimum Gasteiger partial charge on any atom is -0.383 e. The highest BCUT2D eigenvalue weighted by molar-refractivity contribution is 5.25. The van der Waals surface area contributed by atoms with Crippen LogP contribution >= 0.6 is 0 Å². The molecular formula is C14H22F2N2O. The van der Waals surface area contributed by atoms with E-state index in [9.17, 15) is 8.78 Å². The van der Waals surface area contributed by atoms with E-state index in [1.54, 1.807) is 20.1 Å². The maximum atomic E-state index is 13.5. The van der Waals surface area contributed by atoms with Crippen molar-refractivity contribution in [2.75, 3.05) is 26.8 Å². The van der Waals surface area contributed by atoms with Crippen LogP contribution in [0.1, 0.15) is 18.1 Å². The van der Waals surface area contributed by atoms with Crippen LogP contribution in [0, 0.1) is 18.6 Å². The molecule has 3 nitrogen and oxygen atoms in total. The molecule has 0 aliphatic heterocycles. The number of benzene rings is 1. The van der Waals surface area contributed by atoms with Crippen molar-refractivity contribution in [2.45, 2.75) is 26.4 Å². The molecule has 0 radical (unpaired) electrons. The van der Waals surface area contributed by atoms with E-state index in [-0.39, 0.29) is 6.04 Å². The standard InChI is InChI=1S/C14H22F2N2O/c1-10-6-12(14(16)7-13(10)15)9-18-11(2)8-17-4-5-19-3/h6-7,11,17-18H,4-5,8-9H2,1-3H3. The van der Waals surface area contributed by atoms with Crippen LogP contribution in [0.2, 0.25) is 0 Å². The van der Waals surface area contributed by atoms with Gasteiger partial charge in [0.25, 0.3) is 0 Å². The van der Waals surface area contributed by atoms with Gasteiger partial charge >= 0.3 is 0 Å². The summed E-state index contributed by atoms with van der Waals surface area (Å²) >= 11 is 0. The largest absolute Gasteiger partial charge is 0.383 e. The summed E-state index contributed by atoms with van der Waals surface area (Å²) in [5.41, 5.74) is 0.951. The van der Waals surface area contributed by atoms with E-state index < -0.39 is 11.6 Å². The summed E-state index contributed by atoms with van der Waals surface area (Å²) in [7, 11) is 1.66. The Morgan fingerprint density at radius 1 is 1.26 bits per heavy atom. The molecule has 0 spiro atoms. The topological polar surface area (TPSA) is 33.3 Å². The molecule has 1 aromatic carbocycles. The second-order valence-corrected chi connectivity index (χ2v) is 4.67. The summed E-state index contributed by atoms with van der Waals surface area (Å²) in [6, 6.07) is 2.68. The van der Waals surface area contributed by atoms with Gasteiger partial charge in [0.15, 0.2) is 0 Å². The van der Waals surface area contributed by atoms with Gasteiger partial charge in [0.1, 0.15) is 11.6 Å². The molecule has 5 heteroatoms. The maximum Gasteiger partial charge on any atom is 0.130 e. The van der Waals surface area contributed by atoms with Gasteiger partial charge in [0, 0.05) is 44.4 Å². The first kappa shape index (κ1) is 16.0. The van der Waals surface area contributed by atoms with Gasteiger partial charge in [-0.2, -0.15) is 0 Å². The average molecular weight is 272 g/mol. The highest BCUT2D eigenvalue weighted by Gasteiger charge is 2.08. The fraction of sp³-hybridized carbons (Fsp3) is 0.571. The summed E-state index contributed by atoms with van der Waals surface area (Å²) < 4.78 is 31.6. The number of aryl methyl sites for hydroxylation is 1. The lowest BCUT2D eigenvalue weighted by molar-refractivity contribution is 0.198. The molecule has 19 heavy (non-hydrogen) atoms. The van der Waals surface area contributed by atoms with Crippen LogP contribution in [0.3, 0.4) is 0 Å². The van der Waals surface area contributed by atoms with Crippen molar-refractivity contribution in [3.63, 3.8) is 0 Å². The molecule has 0 aliphatic carbocycles. The minimum atomic E-state index is -0.504. The van der Waals surface area contributed by atoms with Gasteiger partial charge in [-0.1, -0.05) is 0 Å². The first-order valence-corrected chi connectivity index (χ1v) is 6.42. The summed E-state index contributed by atoms with van der Waals surface area (Å²) in [6.45, 7) is 6.25. The summed E-state index contributed by atoms with van der Waals surface area (Å²) in [6.07, 6.45) is 0. The monoisotopic (exact) mass is 272 g/mol. The second-order valence-electron chi connectivity index (χ2n) is 4.67. The van der Waals surface area contributed by atoms with Crippen LogP contribution in [0.5, 0.6) is 0 Å². The predicted molar refractivity (Wildman–Crippen MR) is 72.1 cm³/mol. The van der Waals surface area contributed by atoms with E-state index >= 15 is 0 Å². The van der Waals surface area contributed by atoms with E-state index in [1.165, 1.54) is 0 Å². The fourth-order valence-corrected chi connectivity index (χ4v) is 1.70. The SMILES string of the molecule is COCCNCC(C)NCc1cc(C)c(F)cc1F. The molecule has 0 amide bonds. The molecule has 1 rings (SSSR count). The van der Waals surface area contributed by atoms with Crippen molar-refractivity contribution < 1.29 is 13.5 Å². The summed E-state index contributed by atoms with van der Waals surface area (Å²) in [4.78, 5) is 0. The highest BCUT2D eigenvalue weighted by Crippen LogP contribution is 2.14. The number of halogens is 2. The number of methoxy groups -OCH3 is 1. The molecule has 2 N–H and O–H groups in total. The first-order valence-electron chi connectivity index (χ1n) is 6.42. The van der Waals surface area contributed by atoms with Crippen LogP contribution in [-0.2, 0) is 11.3 Å². The van der Waals surface area contributed by atoms with Crippen LogP contribution in [0.25, 0.3) is 0 Å². The third-order valence-electron chi connectivity index (χ3n) is 2.90. The predicted octanol–water partition coefficient (Wildman–Crippen LogP) is 1.99. The van der Waals surface area contributed by atoms with E-state index in [4.69, 9.17) is 4.74 Å². The van der Waals surface area contributed by atoms with Crippen molar-refractivity contribution in [1.29, 1.82) is 0 Å². The van der Waals surface area contributed by atoms with Crippen LogP contribution in [0.4, 0.5) is 8.78 Å². The van der Waals surface area contributed by atoms with Gasteiger partial charge in [-0.15, -0.1) is 0 Å². The molecule has 1 aromatic rings. The molecule has 0 aliphatic rings. The van der Waals surface area contributed by atoms with Crippen molar-refractivity contribution in [3.05, 3.63) is 34.9 Å². The van der Waals surface area contributed by atoms with Gasteiger partial charge in [0.2, 0.25) is 0 Å². The molecular weight excluding hydrogens is 250 g/mol. The second kappa shape index (κ2) is 8.19. The molecule has 0 heterocycles. The van der Waals surface area contributed by atoms with Gasteiger partial charge in [-0.05, 0) is 25.5 Å². The number of rotatable bonds is 8. The van der Waals surface area contributed by atoms with Gasteiger partial charge in [-0.3, -0.25) is 0 Å². The Kier molecular flexibility index (Phi) is 6.91. The van der Waals surface area contributed by atoms with E-state index in [1.807, 2.05) is 6.92 Å². The first-order chi connectivity index (χ1) is 9.04. The lowest BCUT2D eigenvalue weighted by atomic mass is 10.1. The van der Waals surface area contributed by atoms with E-state index in [0.717, 1.165) is 19.2 Å². The Morgan fingerprint density at radius 3 is 2.68 bits per heavy atom. The van der Waals surface area contributed by atoms with Crippen molar-refractivity contribution in [3.8, 4) is 0 Å². The fourth-order valence-electron chi connectivity index (χ4n) is 1.70. The van der Waals surface area contributed by atoms with Crippen LogP contribution < -0.4 is 10.6 Å². The molecule has 1 unspecified atom stereocenters. The van der Waals surface area contributed by atoms with Crippen LogP contribution in [-0.4, -0.2) is 32.8 Å². The van der Waals surface area contributed by atoms with E-state index in [0.29, 0.717) is 24.3 Å². The molecule has 0 fully saturated rings. The number of ether oxygens (including phenoxy) is 1. The molecule has 0 aromatic heterocycles. The Morgan fingerprint density at radius 2 is 2.00 bits per heavy atom. The molecule has 0 bridgehead atoms. The van der Waals surface area contributed by atoms with E-state index in [2.05, 4.69) is 10.6 Å². The highest BCUT2D eigenvalue weighted by atomic mass is 19.1. The van der Waals surface area contributed by atoms with Crippen molar-refractivity contribution in [2.24, 2.45) is 0 Å². The number of nitrogens with one attached hydrogen (secondary N) is 2. The normalized spacial score (nSPS) is 12.7. The van der Waals surface area contributed by atoms with Gasteiger partial charge < -0.3 is 15.4 Å². The Bertz CT molecular complexity index is 399. The lowest BCUT2D eigenvalue weighted by Crippen LogP contribution is -2.37. The van der Waals surface area contributed by atoms with Crippen molar-refractivity contribution in [1.82, 2.24) is 10.6 Å². The van der Waals surface area contributed by atoms with Crippen LogP contribution in [0.15, 0.2) is 12.1 Å². The van der Waals surface area contributed by atoms with Gasteiger partial charge in [0.05, 0.1) is 6.61 Å². The summed E-state index contributed by atoms with van der Waals surface area (Å²) in [5, 5.41) is 6.41.